The molecule has 2 N–H and O–H groups in total. The van der Waals surface area contributed by atoms with Crippen LogP contribution in [0, 0.1) is 34.5 Å². The first kappa shape index (κ1) is 17.0. The molecule has 4 saturated carbocycles. The average Bonchev–Trinajstić information content (AvgIpc) is 3.07. The summed E-state index contributed by atoms with van der Waals surface area (Å²) in [5, 5.41) is 0. The maximum atomic E-state index is 6.92. The highest BCUT2D eigenvalue weighted by atomic mass is 16.8. The normalized spacial score (nSPS) is 59.6. The Morgan fingerprint density at radius 1 is 0.840 bits per heavy atom. The number of ether oxygens (including phenoxy) is 2. The maximum Gasteiger partial charge on any atom is 0.163 e. The fraction of sp³-hybridized carbons (Fsp3) is 1.00. The zero-order chi connectivity index (χ0) is 17.6. The third-order valence-electron chi connectivity index (χ3n) is 9.41. The van der Waals surface area contributed by atoms with E-state index in [1.54, 1.807) is 0 Å². The Bertz CT molecular complexity index is 562. The van der Waals surface area contributed by atoms with Crippen LogP contribution in [0.2, 0.25) is 0 Å². The van der Waals surface area contributed by atoms with E-state index in [-0.39, 0.29) is 12.2 Å². The van der Waals surface area contributed by atoms with Crippen LogP contribution in [0.1, 0.15) is 79.1 Å². The van der Waals surface area contributed by atoms with Crippen LogP contribution < -0.4 is 5.73 Å². The molecule has 0 aromatic rings. The van der Waals surface area contributed by atoms with Crippen molar-refractivity contribution in [3.8, 4) is 0 Å². The zero-order valence-electron chi connectivity index (χ0n) is 16.6. The molecule has 4 aliphatic carbocycles. The number of fused-ring (bicyclic) bond motifs is 7. The fourth-order valence-electron chi connectivity index (χ4n) is 8.31. The van der Waals surface area contributed by atoms with Crippen LogP contribution in [0.5, 0.6) is 0 Å². The van der Waals surface area contributed by atoms with Gasteiger partial charge in [-0.15, -0.1) is 0 Å². The van der Waals surface area contributed by atoms with Crippen LogP contribution in [-0.2, 0) is 9.47 Å². The highest BCUT2D eigenvalue weighted by molar-refractivity contribution is 5.13. The molecular formula is C22H37NO2. The molecule has 1 aliphatic heterocycles. The summed E-state index contributed by atoms with van der Waals surface area (Å²) in [6.45, 7) is 9.32. The predicted molar refractivity (Wildman–Crippen MR) is 98.9 cm³/mol. The minimum atomic E-state index is -0.419. The van der Waals surface area contributed by atoms with E-state index < -0.39 is 5.79 Å². The van der Waals surface area contributed by atoms with Gasteiger partial charge in [-0.25, -0.2) is 0 Å². The van der Waals surface area contributed by atoms with Crippen molar-refractivity contribution < 1.29 is 9.47 Å². The van der Waals surface area contributed by atoms with Gasteiger partial charge >= 0.3 is 0 Å². The summed E-state index contributed by atoms with van der Waals surface area (Å²) in [4.78, 5) is 0. The van der Waals surface area contributed by atoms with Crippen LogP contribution in [-0.4, -0.2) is 24.0 Å². The number of hydrogen-bond acceptors (Lipinski definition) is 3. The van der Waals surface area contributed by atoms with E-state index in [4.69, 9.17) is 15.2 Å². The largest absolute Gasteiger partial charge is 0.345 e. The summed E-state index contributed by atoms with van der Waals surface area (Å²) in [6, 6.07) is 0.358. The molecule has 5 fully saturated rings. The highest BCUT2D eigenvalue weighted by Crippen LogP contribution is 2.66. The summed E-state index contributed by atoms with van der Waals surface area (Å²) in [5.74, 6) is 2.57. The van der Waals surface area contributed by atoms with Gasteiger partial charge in [-0.1, -0.05) is 20.3 Å². The number of rotatable bonds is 0. The van der Waals surface area contributed by atoms with Crippen molar-refractivity contribution in [2.24, 2.45) is 40.2 Å². The van der Waals surface area contributed by atoms with Gasteiger partial charge in [0.05, 0.1) is 12.2 Å². The first-order valence-electron chi connectivity index (χ1n) is 10.8. The van der Waals surface area contributed by atoms with E-state index in [1.807, 2.05) is 0 Å². The lowest BCUT2D eigenvalue weighted by molar-refractivity contribution is -0.171. The van der Waals surface area contributed by atoms with Crippen LogP contribution in [0.25, 0.3) is 0 Å². The lowest BCUT2D eigenvalue weighted by Gasteiger charge is -2.63. The predicted octanol–water partition coefficient (Wildman–Crippen LogP) is 4.49. The summed E-state index contributed by atoms with van der Waals surface area (Å²) >= 11 is 0. The third-order valence-corrected chi connectivity index (χ3v) is 9.41. The molecule has 9 atom stereocenters. The third kappa shape index (κ3) is 2.28. The van der Waals surface area contributed by atoms with E-state index in [0.29, 0.717) is 22.8 Å². The van der Waals surface area contributed by atoms with Gasteiger partial charge < -0.3 is 15.2 Å². The molecule has 9 unspecified atom stereocenters. The molecule has 0 aromatic heterocycles. The second kappa shape index (κ2) is 5.23. The lowest BCUT2D eigenvalue weighted by Crippen LogP contribution is -2.63. The monoisotopic (exact) mass is 347 g/mol. The Labute approximate surface area is 153 Å². The van der Waals surface area contributed by atoms with Crippen molar-refractivity contribution in [1.29, 1.82) is 0 Å². The van der Waals surface area contributed by atoms with Gasteiger partial charge in [0.2, 0.25) is 0 Å². The van der Waals surface area contributed by atoms with Gasteiger partial charge in [0.15, 0.2) is 5.79 Å². The van der Waals surface area contributed by atoms with Crippen LogP contribution >= 0.6 is 0 Å². The smallest absolute Gasteiger partial charge is 0.163 e. The zero-order valence-corrected chi connectivity index (χ0v) is 16.6. The second-order valence-corrected chi connectivity index (χ2v) is 11.1. The van der Waals surface area contributed by atoms with Crippen molar-refractivity contribution in [1.82, 2.24) is 0 Å². The quantitative estimate of drug-likeness (QED) is 0.702. The molecule has 1 heterocycles. The first-order valence-corrected chi connectivity index (χ1v) is 10.8. The molecule has 0 spiro atoms. The molecule has 1 saturated heterocycles. The van der Waals surface area contributed by atoms with Crippen LogP contribution in [0.4, 0.5) is 0 Å². The van der Waals surface area contributed by atoms with E-state index in [9.17, 15) is 0 Å². The van der Waals surface area contributed by atoms with Gasteiger partial charge in [-0.05, 0) is 93.3 Å². The van der Waals surface area contributed by atoms with E-state index in [0.717, 1.165) is 24.2 Å². The Balaban J connectivity index is 1.48. The van der Waals surface area contributed by atoms with Crippen molar-refractivity contribution in [2.75, 3.05) is 0 Å². The summed E-state index contributed by atoms with van der Waals surface area (Å²) in [5.41, 5.74) is 7.90. The molecule has 3 nitrogen and oxygen atoms in total. The Morgan fingerprint density at radius 3 is 2.44 bits per heavy atom. The van der Waals surface area contributed by atoms with Crippen LogP contribution in [0.3, 0.4) is 0 Å². The molecule has 25 heavy (non-hydrogen) atoms. The topological polar surface area (TPSA) is 44.5 Å². The number of hydrogen-bond donors (Lipinski definition) is 1. The van der Waals surface area contributed by atoms with E-state index >= 15 is 0 Å². The van der Waals surface area contributed by atoms with Crippen molar-refractivity contribution in [3.05, 3.63) is 0 Å². The first-order chi connectivity index (χ1) is 11.7. The van der Waals surface area contributed by atoms with E-state index in [2.05, 4.69) is 27.7 Å². The number of nitrogens with two attached hydrogens (primary N) is 1. The van der Waals surface area contributed by atoms with Gasteiger partial charge in [0.25, 0.3) is 0 Å². The molecule has 142 valence electrons. The SMILES string of the molecule is CC1(C)OC2CCC3(C)C(CC(N)C4C5CCCC5(C)CCC43)C2O1. The maximum absolute atomic E-state index is 6.92. The van der Waals surface area contributed by atoms with Gasteiger partial charge in [-0.3, -0.25) is 0 Å². The molecule has 0 radical (unpaired) electrons. The highest BCUT2D eigenvalue weighted by Gasteiger charge is 2.64. The molecule has 5 rings (SSSR count). The molecule has 5 aliphatic rings. The van der Waals surface area contributed by atoms with Crippen molar-refractivity contribution in [3.63, 3.8) is 0 Å². The fourth-order valence-corrected chi connectivity index (χ4v) is 8.31. The Kier molecular flexibility index (Phi) is 3.56. The van der Waals surface area contributed by atoms with E-state index in [1.165, 1.54) is 44.9 Å². The molecular weight excluding hydrogens is 310 g/mol. The molecule has 0 amide bonds. The lowest BCUT2D eigenvalue weighted by atomic mass is 9.44. The van der Waals surface area contributed by atoms with Crippen molar-refractivity contribution in [2.45, 2.75) is 103 Å². The van der Waals surface area contributed by atoms with Gasteiger partial charge in [-0.2, -0.15) is 0 Å². The van der Waals surface area contributed by atoms with Crippen LogP contribution in [0.15, 0.2) is 0 Å². The summed E-state index contributed by atoms with van der Waals surface area (Å²) < 4.78 is 12.7. The second-order valence-electron chi connectivity index (χ2n) is 11.1. The van der Waals surface area contributed by atoms with Gasteiger partial charge in [0, 0.05) is 6.04 Å². The Hall–Kier alpha value is -0.120. The van der Waals surface area contributed by atoms with Gasteiger partial charge in [0.1, 0.15) is 0 Å². The minimum Gasteiger partial charge on any atom is -0.345 e. The molecule has 3 heteroatoms. The standard InChI is InChI=1S/C22H37NO2/c1-20(2)24-17-8-11-22(4)14-7-10-21(3)9-5-6-13(21)18(14)16(23)12-15(22)19(17)25-20/h13-19H,5-12,23H2,1-4H3. The summed E-state index contributed by atoms with van der Waals surface area (Å²) in [6.07, 6.45) is 11.3. The Morgan fingerprint density at radius 2 is 1.64 bits per heavy atom. The molecule has 0 bridgehead atoms. The summed E-state index contributed by atoms with van der Waals surface area (Å²) in [7, 11) is 0. The molecule has 0 aromatic carbocycles. The average molecular weight is 348 g/mol. The van der Waals surface area contributed by atoms with Crippen molar-refractivity contribution >= 4 is 0 Å². The minimum absolute atomic E-state index is 0.262.